The lowest BCUT2D eigenvalue weighted by Crippen LogP contribution is -2.42. The zero-order valence-corrected chi connectivity index (χ0v) is 15.5. The van der Waals surface area contributed by atoms with Crippen molar-refractivity contribution in [1.82, 2.24) is 5.32 Å². The highest BCUT2D eigenvalue weighted by Crippen LogP contribution is 2.41. The minimum Gasteiger partial charge on any atom is -0.497 e. The molecule has 1 aromatic rings. The molecule has 0 spiro atoms. The van der Waals surface area contributed by atoms with Gasteiger partial charge in [0, 0.05) is 17.9 Å². The Morgan fingerprint density at radius 2 is 1.92 bits per heavy atom. The third-order valence-corrected chi connectivity index (χ3v) is 6.24. The van der Waals surface area contributed by atoms with Gasteiger partial charge in [-0.3, -0.25) is 9.59 Å². The topological polar surface area (TPSA) is 75.6 Å². The van der Waals surface area contributed by atoms with Crippen LogP contribution in [0.15, 0.2) is 24.3 Å². The minimum absolute atomic E-state index is 0.0186. The highest BCUT2D eigenvalue weighted by molar-refractivity contribution is 5.80. The molecular formula is C21H29NO4. The summed E-state index contributed by atoms with van der Waals surface area (Å²) >= 11 is 0. The van der Waals surface area contributed by atoms with Crippen LogP contribution >= 0.6 is 0 Å². The molecule has 2 aliphatic rings. The van der Waals surface area contributed by atoms with Gasteiger partial charge in [0.05, 0.1) is 13.0 Å². The molecule has 1 aromatic carbocycles. The molecule has 0 bridgehead atoms. The number of hydrogen-bond donors (Lipinski definition) is 2. The second-order valence-corrected chi connectivity index (χ2v) is 7.84. The zero-order chi connectivity index (χ0) is 18.6. The first-order chi connectivity index (χ1) is 12.5. The molecule has 0 aliphatic heterocycles. The van der Waals surface area contributed by atoms with E-state index in [0.29, 0.717) is 19.4 Å². The van der Waals surface area contributed by atoms with E-state index in [0.717, 1.165) is 44.3 Å². The molecule has 2 atom stereocenters. The lowest BCUT2D eigenvalue weighted by atomic mass is 9.78. The van der Waals surface area contributed by atoms with Crippen LogP contribution in [0.5, 0.6) is 5.75 Å². The van der Waals surface area contributed by atoms with Gasteiger partial charge in [0.2, 0.25) is 5.91 Å². The summed E-state index contributed by atoms with van der Waals surface area (Å²) in [5, 5.41) is 12.4. The predicted molar refractivity (Wildman–Crippen MR) is 99.2 cm³/mol. The summed E-state index contributed by atoms with van der Waals surface area (Å²) in [5.41, 5.74) is 1.19. The van der Waals surface area contributed by atoms with E-state index in [1.54, 1.807) is 7.11 Å². The number of methoxy groups -OCH3 is 1. The first-order valence-electron chi connectivity index (χ1n) is 9.69. The van der Waals surface area contributed by atoms with Crippen LogP contribution in [-0.4, -0.2) is 30.6 Å². The number of carbonyl (C=O) groups excluding carboxylic acids is 1. The fraction of sp³-hybridized carbons (Fsp3) is 0.619. The van der Waals surface area contributed by atoms with Crippen LogP contribution in [0.2, 0.25) is 0 Å². The molecule has 2 aliphatic carbocycles. The molecule has 0 saturated heterocycles. The van der Waals surface area contributed by atoms with Crippen LogP contribution in [0, 0.1) is 11.8 Å². The van der Waals surface area contributed by atoms with E-state index in [2.05, 4.69) is 17.4 Å². The predicted octanol–water partition coefficient (Wildman–Crippen LogP) is 3.51. The molecule has 5 nitrogen and oxygen atoms in total. The SMILES string of the molecule is COc1cccc(C2(CNC(=O)C3CCCC(C(=O)O)C3)CCCC2)c1. The summed E-state index contributed by atoms with van der Waals surface area (Å²) in [6.07, 6.45) is 7.21. The quantitative estimate of drug-likeness (QED) is 0.815. The van der Waals surface area contributed by atoms with Crippen LogP contribution < -0.4 is 10.1 Å². The number of ether oxygens (including phenoxy) is 1. The van der Waals surface area contributed by atoms with Crippen molar-refractivity contribution in [1.29, 1.82) is 0 Å². The van der Waals surface area contributed by atoms with Crippen LogP contribution in [0.1, 0.15) is 56.9 Å². The van der Waals surface area contributed by atoms with Gasteiger partial charge >= 0.3 is 5.97 Å². The molecule has 1 amide bonds. The number of carboxylic acid groups (broad SMARTS) is 1. The van der Waals surface area contributed by atoms with Gasteiger partial charge in [-0.15, -0.1) is 0 Å². The summed E-state index contributed by atoms with van der Waals surface area (Å²) in [4.78, 5) is 23.9. The van der Waals surface area contributed by atoms with E-state index in [1.165, 1.54) is 5.56 Å². The average Bonchev–Trinajstić information content (AvgIpc) is 3.16. The summed E-state index contributed by atoms with van der Waals surface area (Å²) in [7, 11) is 1.67. The number of benzene rings is 1. The molecule has 0 radical (unpaired) electrons. The van der Waals surface area contributed by atoms with Gasteiger partial charge in [0.1, 0.15) is 5.75 Å². The number of rotatable bonds is 6. The molecule has 26 heavy (non-hydrogen) atoms. The number of nitrogens with one attached hydrogen (secondary N) is 1. The fourth-order valence-corrected chi connectivity index (χ4v) is 4.63. The maximum Gasteiger partial charge on any atom is 0.306 e. The van der Waals surface area contributed by atoms with Crippen molar-refractivity contribution in [3.8, 4) is 5.75 Å². The van der Waals surface area contributed by atoms with Gasteiger partial charge in [-0.25, -0.2) is 0 Å². The van der Waals surface area contributed by atoms with E-state index in [4.69, 9.17) is 4.74 Å². The lowest BCUT2D eigenvalue weighted by Gasteiger charge is -2.32. The Bertz CT molecular complexity index is 651. The molecule has 2 saturated carbocycles. The van der Waals surface area contributed by atoms with Crippen molar-refractivity contribution in [3.05, 3.63) is 29.8 Å². The molecule has 2 unspecified atom stereocenters. The van der Waals surface area contributed by atoms with Crippen molar-refractivity contribution in [2.24, 2.45) is 11.8 Å². The van der Waals surface area contributed by atoms with E-state index >= 15 is 0 Å². The Hall–Kier alpha value is -2.04. The van der Waals surface area contributed by atoms with E-state index < -0.39 is 5.97 Å². The van der Waals surface area contributed by atoms with Gasteiger partial charge in [0.25, 0.3) is 0 Å². The first-order valence-corrected chi connectivity index (χ1v) is 9.69. The fourth-order valence-electron chi connectivity index (χ4n) is 4.63. The molecule has 3 rings (SSSR count). The number of carboxylic acids is 1. The molecule has 0 heterocycles. The van der Waals surface area contributed by atoms with Gasteiger partial charge in [-0.2, -0.15) is 0 Å². The maximum absolute atomic E-state index is 12.7. The third kappa shape index (κ3) is 4.02. The van der Waals surface area contributed by atoms with Crippen LogP contribution in [0.25, 0.3) is 0 Å². The maximum atomic E-state index is 12.7. The standard InChI is InChI=1S/C21H29NO4/c1-26-18-9-5-8-17(13-18)21(10-2-3-11-21)14-22-19(23)15-6-4-7-16(12-15)20(24)25/h5,8-9,13,15-16H,2-4,6-7,10-12,14H2,1H3,(H,22,23)(H,24,25). The van der Waals surface area contributed by atoms with Crippen LogP contribution in [0.3, 0.4) is 0 Å². The highest BCUT2D eigenvalue weighted by atomic mass is 16.5. The normalized spacial score (nSPS) is 24.8. The van der Waals surface area contributed by atoms with Crippen molar-refractivity contribution >= 4 is 11.9 Å². The number of amides is 1. The van der Waals surface area contributed by atoms with Gasteiger partial charge in [-0.1, -0.05) is 31.4 Å². The van der Waals surface area contributed by atoms with Crippen molar-refractivity contribution < 1.29 is 19.4 Å². The largest absolute Gasteiger partial charge is 0.497 e. The molecule has 2 N–H and O–H groups in total. The smallest absolute Gasteiger partial charge is 0.306 e. The monoisotopic (exact) mass is 359 g/mol. The summed E-state index contributed by atoms with van der Waals surface area (Å²) in [5.74, 6) is -0.458. The number of carbonyl (C=O) groups is 2. The summed E-state index contributed by atoms with van der Waals surface area (Å²) in [6, 6.07) is 8.16. The Balaban J connectivity index is 1.67. The Labute approximate surface area is 155 Å². The first kappa shape index (κ1) is 18.7. The number of hydrogen-bond acceptors (Lipinski definition) is 3. The van der Waals surface area contributed by atoms with Gasteiger partial charge < -0.3 is 15.2 Å². The summed E-state index contributed by atoms with van der Waals surface area (Å²) in [6.45, 7) is 0.618. The zero-order valence-electron chi connectivity index (χ0n) is 15.5. The van der Waals surface area contributed by atoms with Crippen LogP contribution in [-0.2, 0) is 15.0 Å². The molecule has 2 fully saturated rings. The highest BCUT2D eigenvalue weighted by Gasteiger charge is 2.37. The lowest BCUT2D eigenvalue weighted by molar-refractivity contribution is -0.144. The molecule has 5 heteroatoms. The van der Waals surface area contributed by atoms with E-state index in [9.17, 15) is 14.7 Å². The molecule has 142 valence electrons. The third-order valence-electron chi connectivity index (χ3n) is 6.24. The van der Waals surface area contributed by atoms with Crippen LogP contribution in [0.4, 0.5) is 0 Å². The second-order valence-electron chi connectivity index (χ2n) is 7.84. The summed E-state index contributed by atoms with van der Waals surface area (Å²) < 4.78 is 5.37. The number of aliphatic carboxylic acids is 1. The Morgan fingerprint density at radius 1 is 1.19 bits per heavy atom. The average molecular weight is 359 g/mol. The van der Waals surface area contributed by atoms with Gasteiger partial charge in [0.15, 0.2) is 0 Å². The second kappa shape index (κ2) is 8.11. The van der Waals surface area contributed by atoms with E-state index in [-0.39, 0.29) is 23.2 Å². The van der Waals surface area contributed by atoms with Crippen molar-refractivity contribution in [3.63, 3.8) is 0 Å². The Kier molecular flexibility index (Phi) is 5.84. The van der Waals surface area contributed by atoms with Crippen molar-refractivity contribution in [2.45, 2.75) is 56.8 Å². The van der Waals surface area contributed by atoms with Gasteiger partial charge in [-0.05, 0) is 49.8 Å². The Morgan fingerprint density at radius 3 is 2.62 bits per heavy atom. The van der Waals surface area contributed by atoms with E-state index in [1.807, 2.05) is 12.1 Å². The molecule has 0 aromatic heterocycles. The molecular weight excluding hydrogens is 330 g/mol. The minimum atomic E-state index is -0.772. The van der Waals surface area contributed by atoms with Crippen molar-refractivity contribution in [2.75, 3.05) is 13.7 Å².